The van der Waals surface area contributed by atoms with Gasteiger partial charge in [-0.25, -0.2) is 0 Å². The molecule has 0 aliphatic rings. The summed E-state index contributed by atoms with van der Waals surface area (Å²) in [4.78, 5) is 5.63. The molecule has 3 nitrogen and oxygen atoms in total. The molecule has 0 radical (unpaired) electrons. The fourth-order valence-electron chi connectivity index (χ4n) is 3.20. The van der Waals surface area contributed by atoms with E-state index in [1.807, 2.05) is 29.2 Å². The Labute approximate surface area is 152 Å². The molecule has 0 spiro atoms. The van der Waals surface area contributed by atoms with Crippen LogP contribution in [0.25, 0.3) is 0 Å². The lowest BCUT2D eigenvalue weighted by atomic mass is 9.86. The van der Waals surface area contributed by atoms with Gasteiger partial charge in [-0.2, -0.15) is 16.4 Å². The van der Waals surface area contributed by atoms with Crippen LogP contribution in [0.1, 0.15) is 73.4 Å². The third kappa shape index (κ3) is 4.54. The molecule has 24 heavy (non-hydrogen) atoms. The van der Waals surface area contributed by atoms with E-state index < -0.39 is 0 Å². The van der Waals surface area contributed by atoms with Gasteiger partial charge in [0, 0.05) is 23.0 Å². The molecule has 0 aliphatic heterocycles. The summed E-state index contributed by atoms with van der Waals surface area (Å²) >= 11 is 3.58. The minimum absolute atomic E-state index is 0.535. The number of thiophene rings is 1. The van der Waals surface area contributed by atoms with E-state index in [0.29, 0.717) is 17.8 Å². The molecule has 3 aromatic heterocycles. The van der Waals surface area contributed by atoms with Crippen LogP contribution >= 0.6 is 22.7 Å². The van der Waals surface area contributed by atoms with E-state index in [0.717, 1.165) is 0 Å². The molecule has 0 bridgehead atoms. The highest BCUT2D eigenvalue weighted by Gasteiger charge is 2.17. The van der Waals surface area contributed by atoms with Crippen LogP contribution in [0.5, 0.6) is 0 Å². The fraction of sp³-hybridized carbons (Fsp3) is 0.474. The van der Waals surface area contributed by atoms with Crippen molar-refractivity contribution in [3.05, 3.63) is 56.9 Å². The number of H-pyrrole nitrogens is 1. The third-order valence-corrected chi connectivity index (χ3v) is 6.61. The minimum atomic E-state index is 0.535. The monoisotopic (exact) mass is 359 g/mol. The van der Waals surface area contributed by atoms with E-state index in [1.165, 1.54) is 41.8 Å². The first kappa shape index (κ1) is 17.4. The molecule has 128 valence electrons. The van der Waals surface area contributed by atoms with Gasteiger partial charge in [-0.3, -0.25) is 10.1 Å². The van der Waals surface area contributed by atoms with E-state index in [2.05, 4.69) is 51.9 Å². The van der Waals surface area contributed by atoms with E-state index >= 15 is 0 Å². The first-order chi connectivity index (χ1) is 11.7. The van der Waals surface area contributed by atoms with Crippen molar-refractivity contribution in [1.29, 1.82) is 0 Å². The Morgan fingerprint density at radius 3 is 2.54 bits per heavy atom. The van der Waals surface area contributed by atoms with Crippen LogP contribution in [0.3, 0.4) is 0 Å². The van der Waals surface area contributed by atoms with Crippen LogP contribution in [0.2, 0.25) is 0 Å². The van der Waals surface area contributed by atoms with Gasteiger partial charge in [0.25, 0.3) is 0 Å². The van der Waals surface area contributed by atoms with E-state index in [9.17, 15) is 0 Å². The highest BCUT2D eigenvalue weighted by molar-refractivity contribution is 7.09. The summed E-state index contributed by atoms with van der Waals surface area (Å²) < 4.78 is 0. The summed E-state index contributed by atoms with van der Waals surface area (Å²) in [7, 11) is 0. The molecule has 0 amide bonds. The van der Waals surface area contributed by atoms with E-state index in [-0.39, 0.29) is 0 Å². The fourth-order valence-corrected chi connectivity index (χ4v) is 4.65. The maximum Gasteiger partial charge on any atom is 0.0794 e. The number of thiazole rings is 1. The molecule has 3 heterocycles. The van der Waals surface area contributed by atoms with Gasteiger partial charge in [-0.1, -0.05) is 13.8 Å². The van der Waals surface area contributed by atoms with Crippen LogP contribution in [0.15, 0.2) is 40.8 Å². The summed E-state index contributed by atoms with van der Waals surface area (Å²) in [5, 5.41) is 11.7. The van der Waals surface area contributed by atoms with Crippen LogP contribution in [0.4, 0.5) is 0 Å². The van der Waals surface area contributed by atoms with Crippen LogP contribution in [0, 0.1) is 0 Å². The lowest BCUT2D eigenvalue weighted by Gasteiger charge is -2.20. The number of aromatic nitrogens is 3. The summed E-state index contributed by atoms with van der Waals surface area (Å²) in [6, 6.07) is 4.39. The Kier molecular flexibility index (Phi) is 6.21. The second kappa shape index (κ2) is 8.58. The molecule has 3 rings (SSSR count). The first-order valence-corrected chi connectivity index (χ1v) is 10.5. The number of hydrogen-bond acceptors (Lipinski definition) is 4. The molecule has 0 aromatic carbocycles. The van der Waals surface area contributed by atoms with Crippen molar-refractivity contribution >= 4 is 22.7 Å². The van der Waals surface area contributed by atoms with Crippen molar-refractivity contribution in [2.75, 3.05) is 0 Å². The van der Waals surface area contributed by atoms with Gasteiger partial charge in [0.1, 0.15) is 0 Å². The number of aromatic amines is 1. The smallest absolute Gasteiger partial charge is 0.0794 e. The number of rotatable bonds is 9. The summed E-state index contributed by atoms with van der Waals surface area (Å²) in [5.41, 5.74) is 4.69. The minimum Gasteiger partial charge on any atom is -0.282 e. The van der Waals surface area contributed by atoms with Crippen LogP contribution < -0.4 is 0 Å². The Morgan fingerprint density at radius 2 is 1.92 bits per heavy atom. The topological polar surface area (TPSA) is 41.6 Å². The van der Waals surface area contributed by atoms with Crippen molar-refractivity contribution in [2.45, 2.75) is 57.3 Å². The van der Waals surface area contributed by atoms with Gasteiger partial charge in [-0.15, -0.1) is 11.3 Å². The zero-order valence-electron chi connectivity index (χ0n) is 14.3. The van der Waals surface area contributed by atoms with Crippen molar-refractivity contribution < 1.29 is 0 Å². The summed E-state index contributed by atoms with van der Waals surface area (Å²) in [6.45, 7) is 4.61. The molecule has 3 unspecified atom stereocenters. The van der Waals surface area contributed by atoms with Crippen molar-refractivity contribution in [1.82, 2.24) is 15.2 Å². The second-order valence-corrected chi connectivity index (χ2v) is 8.32. The Bertz CT molecular complexity index is 630. The Balaban J connectivity index is 1.57. The average molecular weight is 360 g/mol. The summed E-state index contributed by atoms with van der Waals surface area (Å²) in [5.74, 6) is 1.79. The maximum absolute atomic E-state index is 4.22. The van der Waals surface area contributed by atoms with Crippen molar-refractivity contribution in [3.8, 4) is 0 Å². The predicted octanol–water partition coefficient (Wildman–Crippen LogP) is 6.18. The molecule has 3 aromatic rings. The van der Waals surface area contributed by atoms with Crippen LogP contribution in [-0.4, -0.2) is 15.2 Å². The second-order valence-electron chi connectivity index (χ2n) is 6.63. The third-order valence-electron chi connectivity index (χ3n) is 4.90. The number of hydrogen-bond donors (Lipinski definition) is 1. The Morgan fingerprint density at radius 1 is 1.08 bits per heavy atom. The van der Waals surface area contributed by atoms with Crippen LogP contribution in [-0.2, 0) is 0 Å². The molecule has 5 heteroatoms. The molecule has 0 aliphatic carbocycles. The van der Waals surface area contributed by atoms with E-state index in [1.54, 1.807) is 11.3 Å². The quantitative estimate of drug-likeness (QED) is 0.495. The van der Waals surface area contributed by atoms with Crippen molar-refractivity contribution in [2.24, 2.45) is 0 Å². The lowest BCUT2D eigenvalue weighted by molar-refractivity contribution is 0.485. The maximum atomic E-state index is 4.22. The van der Waals surface area contributed by atoms with Gasteiger partial charge in [0.15, 0.2) is 0 Å². The largest absolute Gasteiger partial charge is 0.282 e. The highest BCUT2D eigenvalue weighted by Crippen LogP contribution is 2.34. The lowest BCUT2D eigenvalue weighted by Crippen LogP contribution is -2.04. The molecule has 3 atom stereocenters. The standard InChI is InChI=1S/C19H25N3S2/c1-14(18-7-9-21-22-18)3-5-16(17-8-10-23-12-17)6-4-15(2)19-11-20-13-24-19/h7-16H,3-6H2,1-2H3,(H,21,22). The van der Waals surface area contributed by atoms with Gasteiger partial charge < -0.3 is 0 Å². The van der Waals surface area contributed by atoms with Gasteiger partial charge >= 0.3 is 0 Å². The summed E-state index contributed by atoms with van der Waals surface area (Å²) in [6.07, 6.45) is 8.75. The SMILES string of the molecule is CC(CCC(CCC(C)c1cncs1)c1ccsc1)c1ccn[nH]1. The zero-order valence-corrected chi connectivity index (χ0v) is 15.9. The highest BCUT2D eigenvalue weighted by atomic mass is 32.1. The zero-order chi connectivity index (χ0) is 16.8. The van der Waals surface area contributed by atoms with Crippen molar-refractivity contribution in [3.63, 3.8) is 0 Å². The predicted molar refractivity (Wildman–Crippen MR) is 103 cm³/mol. The Hall–Kier alpha value is -1.46. The number of nitrogens with one attached hydrogen (secondary N) is 1. The van der Waals surface area contributed by atoms with Gasteiger partial charge in [-0.05, 0) is 71.9 Å². The number of nitrogens with zero attached hydrogens (tertiary/aromatic N) is 2. The van der Waals surface area contributed by atoms with Gasteiger partial charge in [0.05, 0.1) is 5.51 Å². The first-order valence-electron chi connectivity index (χ1n) is 8.63. The molecule has 0 fully saturated rings. The molecule has 0 saturated heterocycles. The normalized spacial score (nSPS) is 15.2. The molecular formula is C19H25N3S2. The molecular weight excluding hydrogens is 334 g/mol. The van der Waals surface area contributed by atoms with E-state index in [4.69, 9.17) is 0 Å². The molecule has 1 N–H and O–H groups in total. The average Bonchev–Trinajstić information content (AvgIpc) is 3.37. The van der Waals surface area contributed by atoms with Gasteiger partial charge in [0.2, 0.25) is 0 Å². The molecule has 0 saturated carbocycles.